The van der Waals surface area contributed by atoms with Gasteiger partial charge in [0.15, 0.2) is 0 Å². The molecule has 28 heavy (non-hydrogen) atoms. The van der Waals surface area contributed by atoms with E-state index in [-0.39, 0.29) is 23.5 Å². The summed E-state index contributed by atoms with van der Waals surface area (Å²) in [5.74, 6) is 0.290. The molecule has 0 heterocycles. The molecule has 0 aromatic heterocycles. The molecule has 0 spiro atoms. The fourth-order valence-corrected chi connectivity index (χ4v) is 2.81. The van der Waals surface area contributed by atoms with Gasteiger partial charge in [0.05, 0.1) is 0 Å². The van der Waals surface area contributed by atoms with Crippen LogP contribution in [0.2, 0.25) is 0 Å². The zero-order valence-electron chi connectivity index (χ0n) is 19.0. The summed E-state index contributed by atoms with van der Waals surface area (Å²) in [7, 11) is 3.96. The van der Waals surface area contributed by atoms with Crippen molar-refractivity contribution in [3.8, 4) is 0 Å². The number of urea groups is 1. The van der Waals surface area contributed by atoms with Crippen LogP contribution in [-0.2, 0) is 11.3 Å². The van der Waals surface area contributed by atoms with Gasteiger partial charge in [-0.3, -0.25) is 4.79 Å². The largest absolute Gasteiger partial charge is 0.377 e. The van der Waals surface area contributed by atoms with E-state index in [1.54, 1.807) is 0 Å². The molecule has 158 valence electrons. The summed E-state index contributed by atoms with van der Waals surface area (Å²) in [6.45, 7) is 14.5. The summed E-state index contributed by atoms with van der Waals surface area (Å²) in [5.41, 5.74) is 2.46. The predicted molar refractivity (Wildman–Crippen MR) is 118 cm³/mol. The highest BCUT2D eigenvalue weighted by Crippen LogP contribution is 2.26. The van der Waals surface area contributed by atoms with Crippen LogP contribution in [0.1, 0.15) is 60.5 Å². The van der Waals surface area contributed by atoms with Crippen LogP contribution in [0.5, 0.6) is 0 Å². The molecule has 1 aromatic carbocycles. The van der Waals surface area contributed by atoms with Crippen molar-refractivity contribution in [1.82, 2.24) is 10.2 Å². The summed E-state index contributed by atoms with van der Waals surface area (Å²) in [5, 5.41) is 6.00. The first-order chi connectivity index (χ1) is 12.9. The summed E-state index contributed by atoms with van der Waals surface area (Å²) >= 11 is 0. The number of nitrogens with zero attached hydrogens (tertiary/aromatic N) is 2. The molecule has 0 fully saturated rings. The van der Waals surface area contributed by atoms with Gasteiger partial charge in [0, 0.05) is 50.0 Å². The molecule has 6 nitrogen and oxygen atoms in total. The van der Waals surface area contributed by atoms with Gasteiger partial charge in [-0.05, 0) is 57.4 Å². The molecule has 6 heteroatoms. The highest BCUT2D eigenvalue weighted by molar-refractivity contribution is 5.91. The van der Waals surface area contributed by atoms with Gasteiger partial charge in [-0.25, -0.2) is 4.79 Å². The molecule has 0 aliphatic heterocycles. The minimum absolute atomic E-state index is 0.0265. The number of carbonyl (C=O) groups excluding carboxylic acids is 2. The van der Waals surface area contributed by atoms with E-state index in [0.29, 0.717) is 18.9 Å². The van der Waals surface area contributed by atoms with Crippen LogP contribution >= 0.6 is 0 Å². The van der Waals surface area contributed by atoms with Crippen LogP contribution in [0.3, 0.4) is 0 Å². The normalized spacial score (nSPS) is 12.5. The van der Waals surface area contributed by atoms with E-state index in [2.05, 4.69) is 31.4 Å². The fourth-order valence-electron chi connectivity index (χ4n) is 2.81. The lowest BCUT2D eigenvalue weighted by Crippen LogP contribution is -2.52. The highest BCUT2D eigenvalue weighted by Gasteiger charge is 2.27. The van der Waals surface area contributed by atoms with Gasteiger partial charge in [-0.15, -0.1) is 0 Å². The van der Waals surface area contributed by atoms with Crippen molar-refractivity contribution < 1.29 is 9.59 Å². The van der Waals surface area contributed by atoms with Crippen molar-refractivity contribution in [1.29, 1.82) is 0 Å². The molecule has 0 unspecified atom stereocenters. The topological polar surface area (TPSA) is 64.7 Å². The zero-order chi connectivity index (χ0) is 21.6. The first-order valence-electron chi connectivity index (χ1n) is 10.0. The van der Waals surface area contributed by atoms with E-state index >= 15 is 0 Å². The SMILES string of the molecule is CCC(=O)Nc1ccc(N(C)C)c(CN(C(=O)NC(C)(C)C)[C@@H](C)C(C)C)c1. The lowest BCUT2D eigenvalue weighted by atomic mass is 10.0. The Bertz CT molecular complexity index is 678. The van der Waals surface area contributed by atoms with Crippen LogP contribution in [0.25, 0.3) is 0 Å². The van der Waals surface area contributed by atoms with Crippen LogP contribution in [-0.4, -0.2) is 42.5 Å². The molecule has 0 saturated heterocycles. The second-order valence-corrected chi connectivity index (χ2v) is 8.93. The standard InChI is InChI=1S/C22H38N4O2/c1-10-20(27)23-18-11-12-19(25(8)9)17(13-18)14-26(16(4)15(2)3)21(28)24-22(5,6)7/h11-13,15-16H,10,14H2,1-9H3,(H,23,27)(H,24,28)/t16-/m0/s1. The maximum Gasteiger partial charge on any atom is 0.318 e. The van der Waals surface area contributed by atoms with Crippen molar-refractivity contribution in [2.24, 2.45) is 5.92 Å². The Kier molecular flexibility index (Phi) is 8.33. The second kappa shape index (κ2) is 9.80. The molecule has 0 bridgehead atoms. The minimum Gasteiger partial charge on any atom is -0.377 e. The molecular formula is C22H38N4O2. The maximum absolute atomic E-state index is 13.0. The smallest absolute Gasteiger partial charge is 0.318 e. The number of hydrogen-bond donors (Lipinski definition) is 2. The average Bonchev–Trinajstić information content (AvgIpc) is 2.57. The minimum atomic E-state index is -0.312. The Morgan fingerprint density at radius 2 is 1.71 bits per heavy atom. The summed E-state index contributed by atoms with van der Waals surface area (Å²) in [6, 6.07) is 5.83. The van der Waals surface area contributed by atoms with E-state index in [0.717, 1.165) is 16.9 Å². The number of nitrogens with one attached hydrogen (secondary N) is 2. The Morgan fingerprint density at radius 3 is 2.18 bits per heavy atom. The van der Waals surface area contributed by atoms with Crippen LogP contribution in [0, 0.1) is 5.92 Å². The predicted octanol–water partition coefficient (Wildman–Crippen LogP) is 4.46. The molecule has 1 atom stereocenters. The van der Waals surface area contributed by atoms with Gasteiger partial charge in [0.25, 0.3) is 0 Å². The first kappa shape index (κ1) is 23.8. The molecule has 1 rings (SSSR count). The van der Waals surface area contributed by atoms with Crippen LogP contribution in [0.4, 0.5) is 16.2 Å². The number of benzene rings is 1. The van der Waals surface area contributed by atoms with E-state index in [9.17, 15) is 9.59 Å². The average molecular weight is 391 g/mol. The monoisotopic (exact) mass is 390 g/mol. The Balaban J connectivity index is 3.28. The summed E-state index contributed by atoms with van der Waals surface area (Å²) < 4.78 is 0. The Labute approximate surface area is 170 Å². The molecule has 3 amide bonds. The summed E-state index contributed by atoms with van der Waals surface area (Å²) in [6.07, 6.45) is 0.426. The van der Waals surface area contributed by atoms with E-state index in [1.165, 1.54) is 0 Å². The van der Waals surface area contributed by atoms with Gasteiger partial charge in [0.2, 0.25) is 5.91 Å². The number of amides is 3. The third-order valence-corrected chi connectivity index (χ3v) is 4.71. The zero-order valence-corrected chi connectivity index (χ0v) is 19.0. The fraction of sp³-hybridized carbons (Fsp3) is 0.636. The van der Waals surface area contributed by atoms with Crippen LogP contribution < -0.4 is 15.5 Å². The molecule has 0 radical (unpaired) electrons. The Morgan fingerprint density at radius 1 is 1.11 bits per heavy atom. The van der Waals surface area contributed by atoms with E-state index < -0.39 is 0 Å². The molecular weight excluding hydrogens is 352 g/mol. The van der Waals surface area contributed by atoms with Crippen molar-refractivity contribution in [3.63, 3.8) is 0 Å². The highest BCUT2D eigenvalue weighted by atomic mass is 16.2. The lowest BCUT2D eigenvalue weighted by Gasteiger charge is -2.35. The van der Waals surface area contributed by atoms with Gasteiger partial charge < -0.3 is 20.4 Å². The van der Waals surface area contributed by atoms with Gasteiger partial charge in [0.1, 0.15) is 0 Å². The van der Waals surface area contributed by atoms with Gasteiger partial charge in [-0.2, -0.15) is 0 Å². The number of carbonyl (C=O) groups is 2. The van der Waals surface area contributed by atoms with E-state index in [4.69, 9.17) is 0 Å². The van der Waals surface area contributed by atoms with E-state index in [1.807, 2.05) is 69.8 Å². The molecule has 0 aliphatic carbocycles. The van der Waals surface area contributed by atoms with Crippen molar-refractivity contribution in [3.05, 3.63) is 23.8 Å². The third-order valence-electron chi connectivity index (χ3n) is 4.71. The van der Waals surface area contributed by atoms with Gasteiger partial charge >= 0.3 is 6.03 Å². The first-order valence-corrected chi connectivity index (χ1v) is 10.0. The van der Waals surface area contributed by atoms with Crippen molar-refractivity contribution in [2.45, 2.75) is 73.0 Å². The molecule has 0 saturated carbocycles. The van der Waals surface area contributed by atoms with Gasteiger partial charge in [-0.1, -0.05) is 20.8 Å². The molecule has 1 aromatic rings. The number of anilines is 2. The maximum atomic E-state index is 13.0. The number of rotatable bonds is 7. The third kappa shape index (κ3) is 7.06. The van der Waals surface area contributed by atoms with Crippen molar-refractivity contribution >= 4 is 23.3 Å². The van der Waals surface area contributed by atoms with Crippen molar-refractivity contribution in [2.75, 3.05) is 24.3 Å². The quantitative estimate of drug-likeness (QED) is 0.723. The number of hydrogen-bond acceptors (Lipinski definition) is 3. The lowest BCUT2D eigenvalue weighted by molar-refractivity contribution is -0.115. The molecule has 0 aliphatic rings. The molecule has 2 N–H and O–H groups in total. The van der Waals surface area contributed by atoms with Crippen LogP contribution in [0.15, 0.2) is 18.2 Å². The Hall–Kier alpha value is -2.24. The summed E-state index contributed by atoms with van der Waals surface area (Å²) in [4.78, 5) is 28.7. The second-order valence-electron chi connectivity index (χ2n) is 8.93.